The molecule has 1 unspecified atom stereocenters. The number of rotatable bonds is 11. The summed E-state index contributed by atoms with van der Waals surface area (Å²) in [6.45, 7) is 2.22. The number of hydrogen-bond donors (Lipinski definition) is 1. The molecule has 0 aromatic heterocycles. The van der Waals surface area contributed by atoms with E-state index >= 15 is 0 Å². The maximum absolute atomic E-state index is 10.5. The summed E-state index contributed by atoms with van der Waals surface area (Å²) in [6.07, 6.45) is 8.24. The van der Waals surface area contributed by atoms with Gasteiger partial charge in [-0.2, -0.15) is 0 Å². The molecule has 1 aromatic carbocycles. The van der Waals surface area contributed by atoms with Crippen LogP contribution in [0.4, 0.5) is 0 Å². The smallest absolute Gasteiger partial charge is 0.287 e. The van der Waals surface area contributed by atoms with Crippen molar-refractivity contribution in [2.75, 3.05) is 14.2 Å². The van der Waals surface area contributed by atoms with Gasteiger partial charge in [0.25, 0.3) is 5.97 Å². The molecule has 0 bridgehead atoms. The Balaban J connectivity index is 2.62. The number of benzene rings is 1. The van der Waals surface area contributed by atoms with E-state index in [1.165, 1.54) is 46.3 Å². The highest BCUT2D eigenvalue weighted by Gasteiger charge is 2.38. The Bertz CT molecular complexity index is 360. The minimum Gasteiger partial charge on any atom is -0.343 e. The second-order valence-electron chi connectivity index (χ2n) is 5.56. The Morgan fingerprint density at radius 3 is 2.10 bits per heavy atom. The molecule has 1 aromatic rings. The molecule has 3 heteroatoms. The molecule has 0 amide bonds. The molecule has 0 spiro atoms. The summed E-state index contributed by atoms with van der Waals surface area (Å²) in [7, 11) is 2.97. The van der Waals surface area contributed by atoms with Gasteiger partial charge in [0.15, 0.2) is 0 Å². The monoisotopic (exact) mass is 294 g/mol. The number of ether oxygens (including phenoxy) is 2. The van der Waals surface area contributed by atoms with Crippen molar-refractivity contribution in [1.29, 1.82) is 0 Å². The van der Waals surface area contributed by atoms with Crippen LogP contribution >= 0.6 is 0 Å². The van der Waals surface area contributed by atoms with E-state index < -0.39 is 5.97 Å². The summed E-state index contributed by atoms with van der Waals surface area (Å²) in [6, 6.07) is 9.98. The third-order valence-corrected chi connectivity index (χ3v) is 4.07. The first kappa shape index (κ1) is 18.1. The summed E-state index contributed by atoms with van der Waals surface area (Å²) in [4.78, 5) is 0. The highest BCUT2D eigenvalue weighted by atomic mass is 16.8. The predicted octanol–water partition coefficient (Wildman–Crippen LogP) is 4.46. The topological polar surface area (TPSA) is 38.7 Å². The van der Waals surface area contributed by atoms with Crippen molar-refractivity contribution in [2.45, 2.75) is 63.8 Å². The third kappa shape index (κ3) is 5.77. The predicted molar refractivity (Wildman–Crippen MR) is 86.1 cm³/mol. The highest BCUT2D eigenvalue weighted by molar-refractivity contribution is 5.21. The molecule has 0 heterocycles. The number of unbranched alkanes of at least 4 members (excludes halogenated alkanes) is 5. The fourth-order valence-corrected chi connectivity index (χ4v) is 2.74. The Morgan fingerprint density at radius 1 is 0.952 bits per heavy atom. The summed E-state index contributed by atoms with van der Waals surface area (Å²) in [5.74, 6) is -1.72. The van der Waals surface area contributed by atoms with Crippen LogP contribution in [0.3, 0.4) is 0 Å². The Morgan fingerprint density at radius 2 is 1.52 bits per heavy atom. The lowest BCUT2D eigenvalue weighted by molar-refractivity contribution is -0.353. The fourth-order valence-electron chi connectivity index (χ4n) is 2.74. The van der Waals surface area contributed by atoms with Crippen molar-refractivity contribution in [3.63, 3.8) is 0 Å². The van der Waals surface area contributed by atoms with Crippen molar-refractivity contribution in [1.82, 2.24) is 0 Å². The molecule has 1 rings (SSSR count). The number of hydrogen-bond acceptors (Lipinski definition) is 3. The average Bonchev–Trinajstić information content (AvgIpc) is 2.54. The van der Waals surface area contributed by atoms with Crippen LogP contribution in [0.25, 0.3) is 0 Å². The minimum atomic E-state index is -1.55. The molecule has 0 aliphatic heterocycles. The summed E-state index contributed by atoms with van der Waals surface area (Å²) >= 11 is 0. The van der Waals surface area contributed by atoms with Gasteiger partial charge >= 0.3 is 0 Å². The Labute approximate surface area is 129 Å². The van der Waals surface area contributed by atoms with Crippen LogP contribution in [-0.2, 0) is 9.47 Å². The molecular weight excluding hydrogens is 264 g/mol. The van der Waals surface area contributed by atoms with Crippen molar-refractivity contribution >= 4 is 0 Å². The van der Waals surface area contributed by atoms with Gasteiger partial charge in [-0.05, 0) is 12.0 Å². The first-order valence-corrected chi connectivity index (χ1v) is 8.05. The molecule has 0 aliphatic rings. The zero-order valence-electron chi connectivity index (χ0n) is 13.7. The molecule has 0 saturated heterocycles. The van der Waals surface area contributed by atoms with Crippen LogP contribution in [-0.4, -0.2) is 25.3 Å². The SMILES string of the molecule is CCCCCCCCC(c1ccccc1)C(O)(OC)OC. The third-order valence-electron chi connectivity index (χ3n) is 4.07. The summed E-state index contributed by atoms with van der Waals surface area (Å²) in [5.41, 5.74) is 1.05. The van der Waals surface area contributed by atoms with Gasteiger partial charge in [-0.1, -0.05) is 75.8 Å². The van der Waals surface area contributed by atoms with Gasteiger partial charge in [0, 0.05) is 14.2 Å². The van der Waals surface area contributed by atoms with E-state index in [1.807, 2.05) is 30.3 Å². The number of aliphatic hydroxyl groups is 1. The largest absolute Gasteiger partial charge is 0.343 e. The maximum Gasteiger partial charge on any atom is 0.287 e. The lowest BCUT2D eigenvalue weighted by Gasteiger charge is -2.33. The van der Waals surface area contributed by atoms with Gasteiger partial charge in [0.1, 0.15) is 0 Å². The molecule has 120 valence electrons. The van der Waals surface area contributed by atoms with Gasteiger partial charge in [0.05, 0.1) is 5.92 Å². The number of methoxy groups -OCH3 is 2. The van der Waals surface area contributed by atoms with Gasteiger partial charge in [-0.25, -0.2) is 0 Å². The van der Waals surface area contributed by atoms with Crippen molar-refractivity contribution in [3.8, 4) is 0 Å². The second kappa shape index (κ2) is 9.93. The van der Waals surface area contributed by atoms with Crippen LogP contribution in [0.15, 0.2) is 30.3 Å². The van der Waals surface area contributed by atoms with Gasteiger partial charge in [0.2, 0.25) is 0 Å². The van der Waals surface area contributed by atoms with E-state index in [0.29, 0.717) is 0 Å². The zero-order valence-corrected chi connectivity index (χ0v) is 13.7. The van der Waals surface area contributed by atoms with Crippen LogP contribution in [0.1, 0.15) is 63.4 Å². The molecule has 0 aliphatic carbocycles. The average molecular weight is 294 g/mol. The van der Waals surface area contributed by atoms with E-state index in [-0.39, 0.29) is 5.92 Å². The quantitative estimate of drug-likeness (QED) is 0.484. The van der Waals surface area contributed by atoms with Crippen molar-refractivity contribution < 1.29 is 14.6 Å². The lowest BCUT2D eigenvalue weighted by atomic mass is 9.90. The standard InChI is InChI=1S/C18H30O3/c1-4-5-6-7-8-12-15-17(18(19,20-2)21-3)16-13-10-9-11-14-16/h9-11,13-14,17,19H,4-8,12,15H2,1-3H3. The second-order valence-corrected chi connectivity index (χ2v) is 5.56. The van der Waals surface area contributed by atoms with Crippen molar-refractivity contribution in [3.05, 3.63) is 35.9 Å². The first-order chi connectivity index (χ1) is 10.2. The van der Waals surface area contributed by atoms with Crippen LogP contribution in [0.2, 0.25) is 0 Å². The fraction of sp³-hybridized carbons (Fsp3) is 0.667. The van der Waals surface area contributed by atoms with E-state index in [1.54, 1.807) is 0 Å². The maximum atomic E-state index is 10.5. The molecule has 0 saturated carbocycles. The summed E-state index contributed by atoms with van der Waals surface area (Å²) < 4.78 is 10.5. The molecule has 0 fully saturated rings. The Hall–Kier alpha value is -0.900. The van der Waals surface area contributed by atoms with Gasteiger partial charge in [-0.15, -0.1) is 0 Å². The molecule has 1 N–H and O–H groups in total. The van der Waals surface area contributed by atoms with E-state index in [4.69, 9.17) is 9.47 Å². The lowest BCUT2D eigenvalue weighted by Crippen LogP contribution is -2.40. The summed E-state index contributed by atoms with van der Waals surface area (Å²) in [5, 5.41) is 10.5. The van der Waals surface area contributed by atoms with Crippen LogP contribution < -0.4 is 0 Å². The van der Waals surface area contributed by atoms with E-state index in [2.05, 4.69) is 6.92 Å². The minimum absolute atomic E-state index is 0.167. The molecule has 21 heavy (non-hydrogen) atoms. The van der Waals surface area contributed by atoms with Crippen LogP contribution in [0.5, 0.6) is 0 Å². The molecule has 0 radical (unpaired) electrons. The molecular formula is C18H30O3. The van der Waals surface area contributed by atoms with Gasteiger partial charge in [-0.3, -0.25) is 0 Å². The van der Waals surface area contributed by atoms with Crippen molar-refractivity contribution in [2.24, 2.45) is 0 Å². The molecule has 1 atom stereocenters. The zero-order chi connectivity index (χ0) is 15.6. The highest BCUT2D eigenvalue weighted by Crippen LogP contribution is 2.34. The first-order valence-electron chi connectivity index (χ1n) is 8.05. The van der Waals surface area contributed by atoms with E-state index in [9.17, 15) is 5.11 Å². The van der Waals surface area contributed by atoms with Gasteiger partial charge < -0.3 is 14.6 Å². The normalized spacial score (nSPS) is 13.3. The van der Waals surface area contributed by atoms with E-state index in [0.717, 1.165) is 18.4 Å². The molecule has 3 nitrogen and oxygen atoms in total. The van der Waals surface area contributed by atoms with Crippen LogP contribution in [0, 0.1) is 0 Å². The Kier molecular flexibility index (Phi) is 8.58.